The Hall–Kier alpha value is -1.47. The van der Waals surface area contributed by atoms with E-state index in [0.717, 1.165) is 43.7 Å². The zero-order valence-corrected chi connectivity index (χ0v) is 12.2. The number of fused-ring (bicyclic) bond motifs is 1. The molecule has 0 aliphatic heterocycles. The first-order valence-corrected chi connectivity index (χ1v) is 7.29. The molecule has 0 unspecified atom stereocenters. The van der Waals surface area contributed by atoms with Gasteiger partial charge in [-0.1, -0.05) is 24.3 Å². The number of hydrogen-bond acceptors (Lipinski definition) is 5. The number of pyridine rings is 1. The van der Waals surface area contributed by atoms with Crippen LogP contribution in [-0.2, 0) is 11.2 Å². The summed E-state index contributed by atoms with van der Waals surface area (Å²) in [4.78, 5) is 4.63. The second kappa shape index (κ2) is 9.47. The number of nitrogens with two attached hydrogens (primary N) is 1. The van der Waals surface area contributed by atoms with Gasteiger partial charge >= 0.3 is 0 Å². The van der Waals surface area contributed by atoms with Crippen LogP contribution in [0.4, 0.5) is 0 Å². The van der Waals surface area contributed by atoms with E-state index < -0.39 is 0 Å². The molecule has 0 aliphatic carbocycles. The van der Waals surface area contributed by atoms with Crippen LogP contribution < -0.4 is 16.4 Å². The topological polar surface area (TPSA) is 72.2 Å². The summed E-state index contributed by atoms with van der Waals surface area (Å²) in [6.45, 7) is 3.77. The van der Waals surface area contributed by atoms with Crippen molar-refractivity contribution in [2.75, 3.05) is 26.4 Å². The highest BCUT2D eigenvalue weighted by Crippen LogP contribution is 2.11. The van der Waals surface area contributed by atoms with E-state index in [4.69, 9.17) is 10.4 Å². The summed E-state index contributed by atoms with van der Waals surface area (Å²) in [5.41, 5.74) is 7.32. The van der Waals surface area contributed by atoms with Crippen molar-refractivity contribution in [3.8, 4) is 0 Å². The maximum absolute atomic E-state index is 5.21. The van der Waals surface area contributed by atoms with Crippen LogP contribution in [0.15, 0.2) is 36.4 Å². The van der Waals surface area contributed by atoms with E-state index in [1.165, 1.54) is 5.39 Å². The van der Waals surface area contributed by atoms with Gasteiger partial charge in [0.1, 0.15) is 0 Å². The number of hydrogen-bond donors (Lipinski definition) is 3. The number of nitrogens with one attached hydrogen (secondary N) is 2. The molecule has 0 atom stereocenters. The highest BCUT2D eigenvalue weighted by atomic mass is 16.4. The summed E-state index contributed by atoms with van der Waals surface area (Å²) in [7, 11) is 1.74. The Labute approximate surface area is 126 Å². The van der Waals surface area contributed by atoms with Crippen LogP contribution in [0, 0.1) is 0 Å². The normalized spacial score (nSPS) is 10.9. The van der Waals surface area contributed by atoms with E-state index in [1.807, 2.05) is 18.2 Å². The molecule has 1 aromatic heterocycles. The highest BCUT2D eigenvalue weighted by molar-refractivity contribution is 6.27. The minimum absolute atomic E-state index is 0.250. The fourth-order valence-electron chi connectivity index (χ4n) is 2.04. The Balaban J connectivity index is 1.59. The zero-order chi connectivity index (χ0) is 14.8. The van der Waals surface area contributed by atoms with Crippen LogP contribution in [0.5, 0.6) is 0 Å². The van der Waals surface area contributed by atoms with Gasteiger partial charge in [-0.2, -0.15) is 0 Å². The highest BCUT2D eigenvalue weighted by Gasteiger charge is 1.97. The molecule has 2 rings (SSSR count). The molecule has 1 heterocycles. The molecule has 0 amide bonds. The minimum atomic E-state index is 0.250. The first-order chi connectivity index (χ1) is 10.4. The number of nitrogens with zero attached hydrogens (tertiary/aromatic N) is 1. The molecule has 4 N–H and O–H groups in total. The lowest BCUT2D eigenvalue weighted by Crippen LogP contribution is -2.28. The average Bonchev–Trinajstić information content (AvgIpc) is 2.53. The minimum Gasteiger partial charge on any atom is -0.429 e. The first-order valence-electron chi connectivity index (χ1n) is 7.29. The molecular formula is C15H22BN4O. The third-order valence-corrected chi connectivity index (χ3v) is 3.09. The lowest BCUT2D eigenvalue weighted by Gasteiger charge is -2.07. The average molecular weight is 285 g/mol. The summed E-state index contributed by atoms with van der Waals surface area (Å²) in [6, 6.07) is 12.4. The molecule has 0 aliphatic rings. The van der Waals surface area contributed by atoms with Gasteiger partial charge in [-0.25, -0.2) is 0 Å². The molecule has 1 radical (unpaired) electrons. The van der Waals surface area contributed by atoms with Gasteiger partial charge in [0.15, 0.2) is 0 Å². The molecule has 2 aromatic rings. The molecule has 5 nitrogen and oxygen atoms in total. The Morgan fingerprint density at radius 2 is 1.90 bits per heavy atom. The molecule has 1 aromatic carbocycles. The van der Waals surface area contributed by atoms with Crippen molar-refractivity contribution >= 4 is 18.4 Å². The van der Waals surface area contributed by atoms with E-state index in [1.54, 1.807) is 7.48 Å². The maximum atomic E-state index is 5.21. The van der Waals surface area contributed by atoms with E-state index in [-0.39, 0.29) is 6.73 Å². The second-order valence-corrected chi connectivity index (χ2v) is 4.71. The molecular weight excluding hydrogens is 263 g/mol. The molecule has 21 heavy (non-hydrogen) atoms. The Morgan fingerprint density at radius 1 is 1.05 bits per heavy atom. The lowest BCUT2D eigenvalue weighted by molar-refractivity contribution is 0.348. The summed E-state index contributed by atoms with van der Waals surface area (Å²) >= 11 is 0. The van der Waals surface area contributed by atoms with Gasteiger partial charge in [0.2, 0.25) is 0 Å². The monoisotopic (exact) mass is 285 g/mol. The van der Waals surface area contributed by atoms with Crippen LogP contribution in [0.1, 0.15) is 5.69 Å². The van der Waals surface area contributed by atoms with Crippen molar-refractivity contribution in [1.29, 1.82) is 0 Å². The van der Waals surface area contributed by atoms with Gasteiger partial charge in [0.25, 0.3) is 7.48 Å². The largest absolute Gasteiger partial charge is 0.429 e. The molecule has 0 saturated carbocycles. The van der Waals surface area contributed by atoms with Gasteiger partial charge in [-0.15, -0.1) is 0 Å². The van der Waals surface area contributed by atoms with Gasteiger partial charge in [-0.3, -0.25) is 4.98 Å². The van der Waals surface area contributed by atoms with Crippen LogP contribution in [-0.4, -0.2) is 38.8 Å². The Bertz CT molecular complexity index is 538. The molecule has 6 heteroatoms. The van der Waals surface area contributed by atoms with Crippen molar-refractivity contribution in [1.82, 2.24) is 15.6 Å². The number of aromatic nitrogens is 1. The van der Waals surface area contributed by atoms with Crippen molar-refractivity contribution in [3.05, 3.63) is 42.1 Å². The van der Waals surface area contributed by atoms with Crippen LogP contribution in [0.2, 0.25) is 6.32 Å². The third-order valence-electron chi connectivity index (χ3n) is 3.09. The van der Waals surface area contributed by atoms with E-state index >= 15 is 0 Å². The van der Waals surface area contributed by atoms with Crippen molar-refractivity contribution in [2.24, 2.45) is 5.73 Å². The quantitative estimate of drug-likeness (QED) is 0.343. The SMILES string of the molecule is NCO[B]CCNCCNCc1ccc2ccccc2n1. The third kappa shape index (κ3) is 5.81. The molecule has 111 valence electrons. The summed E-state index contributed by atoms with van der Waals surface area (Å²) in [5, 5.41) is 7.89. The first kappa shape index (κ1) is 15.9. The maximum Gasteiger partial charge on any atom is 0.295 e. The fraction of sp³-hybridized carbons (Fsp3) is 0.400. The van der Waals surface area contributed by atoms with Crippen molar-refractivity contribution in [2.45, 2.75) is 12.9 Å². The number of para-hydroxylation sites is 1. The summed E-state index contributed by atoms with van der Waals surface area (Å²) < 4.78 is 4.94. The van der Waals surface area contributed by atoms with Crippen LogP contribution in [0.25, 0.3) is 10.9 Å². The van der Waals surface area contributed by atoms with Crippen LogP contribution >= 0.6 is 0 Å². The van der Waals surface area contributed by atoms with Gasteiger partial charge in [0, 0.05) is 25.0 Å². The molecule has 0 fully saturated rings. The van der Waals surface area contributed by atoms with E-state index in [2.05, 4.69) is 33.8 Å². The van der Waals surface area contributed by atoms with Crippen molar-refractivity contribution < 1.29 is 4.65 Å². The Kier molecular flexibility index (Phi) is 7.17. The Morgan fingerprint density at radius 3 is 2.81 bits per heavy atom. The zero-order valence-electron chi connectivity index (χ0n) is 12.2. The fourth-order valence-corrected chi connectivity index (χ4v) is 2.04. The molecule has 0 bridgehead atoms. The smallest absolute Gasteiger partial charge is 0.295 e. The van der Waals surface area contributed by atoms with Gasteiger partial charge < -0.3 is 21.0 Å². The lowest BCUT2D eigenvalue weighted by atomic mass is 9.96. The summed E-state index contributed by atoms with van der Waals surface area (Å²) in [5.74, 6) is 0. The van der Waals surface area contributed by atoms with Crippen molar-refractivity contribution in [3.63, 3.8) is 0 Å². The molecule has 0 spiro atoms. The number of benzene rings is 1. The molecule has 0 saturated heterocycles. The predicted molar refractivity (Wildman–Crippen MR) is 87.0 cm³/mol. The van der Waals surface area contributed by atoms with Gasteiger partial charge in [-0.05, 0) is 25.0 Å². The van der Waals surface area contributed by atoms with Gasteiger partial charge in [0.05, 0.1) is 17.9 Å². The summed E-state index contributed by atoms with van der Waals surface area (Å²) in [6.07, 6.45) is 0.865. The van der Waals surface area contributed by atoms with Crippen LogP contribution in [0.3, 0.4) is 0 Å². The van der Waals surface area contributed by atoms with E-state index in [0.29, 0.717) is 0 Å². The number of rotatable bonds is 10. The standard InChI is InChI=1S/C15H22BN4O/c17-12-21-16-7-8-18-9-10-19-11-14-6-5-13-3-1-2-4-15(13)20-14/h1-6,18-19H,7-12,17H2. The predicted octanol–water partition coefficient (Wildman–Crippen LogP) is 0.884. The second-order valence-electron chi connectivity index (χ2n) is 4.71. The van der Waals surface area contributed by atoms with E-state index in [9.17, 15) is 0 Å².